The molecule has 2 aliphatic rings. The Bertz CT molecular complexity index is 1450. The summed E-state index contributed by atoms with van der Waals surface area (Å²) in [5.74, 6) is 0.364. The van der Waals surface area contributed by atoms with Gasteiger partial charge in [0.15, 0.2) is 0 Å². The van der Waals surface area contributed by atoms with E-state index in [9.17, 15) is 23.2 Å². The monoisotopic (exact) mass is 564 g/mol. The molecule has 41 heavy (non-hydrogen) atoms. The molecule has 1 atom stereocenters. The van der Waals surface area contributed by atoms with Gasteiger partial charge in [0.2, 0.25) is 11.8 Å². The number of hydrogen-bond donors (Lipinski definition) is 1. The van der Waals surface area contributed by atoms with E-state index in [-0.39, 0.29) is 17.5 Å². The highest BCUT2D eigenvalue weighted by atomic mass is 19.4. The topological polar surface area (TPSA) is 94.4 Å². The molecule has 0 radical (unpaired) electrons. The number of carbonyl (C=O) groups is 1. The Morgan fingerprint density at radius 3 is 2.54 bits per heavy atom. The van der Waals surface area contributed by atoms with Gasteiger partial charge in [0.05, 0.1) is 40.6 Å². The van der Waals surface area contributed by atoms with Crippen LogP contribution in [0.25, 0.3) is 11.3 Å². The molecule has 0 spiro atoms. The summed E-state index contributed by atoms with van der Waals surface area (Å²) in [7, 11) is 3.56. The van der Waals surface area contributed by atoms with Gasteiger partial charge < -0.3 is 19.9 Å². The highest BCUT2D eigenvalue weighted by molar-refractivity contribution is 5.89. The number of likely N-dealkylation sites (N-methyl/N-ethyl adjacent to an activating group) is 1. The standard InChI is InChI=1S/C30H31F3N6O2/c1-38-13-9-23(19-38)37-28(40)29(22-5-7-25(36-18-22)24-4-3-12-35-27(24)41-2)10-14-39(15-11-29)26-8-6-21(30(31,32)33)16-20(26)17-34/h3-8,12,16,18,23H,9-11,13-15,19H2,1-2H3,(H,37,40)/t23-/m1/s1. The summed E-state index contributed by atoms with van der Waals surface area (Å²) in [6, 6.07) is 12.6. The quantitative estimate of drug-likeness (QED) is 0.474. The van der Waals surface area contributed by atoms with E-state index in [4.69, 9.17) is 4.74 Å². The number of nitrogens with one attached hydrogen (secondary N) is 1. The van der Waals surface area contributed by atoms with Gasteiger partial charge in [0.1, 0.15) is 6.07 Å². The maximum Gasteiger partial charge on any atom is 0.416 e. The molecule has 2 saturated heterocycles. The summed E-state index contributed by atoms with van der Waals surface area (Å²) < 4.78 is 45.1. The van der Waals surface area contributed by atoms with Crippen LogP contribution in [0.5, 0.6) is 5.88 Å². The SMILES string of the molecule is COc1ncccc1-c1ccc(C2(C(=O)N[C@@H]3CCN(C)C3)CCN(c3ccc(C(F)(F)F)cc3C#N)CC2)cn1. The molecule has 3 aromatic rings. The summed E-state index contributed by atoms with van der Waals surface area (Å²) >= 11 is 0. The normalized spacial score (nSPS) is 19.0. The first kappa shape index (κ1) is 28.4. The van der Waals surface area contributed by atoms with Gasteiger partial charge in [-0.3, -0.25) is 9.78 Å². The van der Waals surface area contributed by atoms with Crippen molar-refractivity contribution in [2.45, 2.75) is 36.9 Å². The number of carbonyl (C=O) groups excluding carboxylic acids is 1. The van der Waals surface area contributed by atoms with E-state index in [0.29, 0.717) is 43.2 Å². The van der Waals surface area contributed by atoms with E-state index in [1.54, 1.807) is 25.6 Å². The molecule has 2 fully saturated rings. The molecular weight excluding hydrogens is 533 g/mol. The van der Waals surface area contributed by atoms with Gasteiger partial charge in [-0.25, -0.2) is 4.98 Å². The fraction of sp³-hybridized carbons (Fsp3) is 0.400. The average Bonchev–Trinajstić information content (AvgIpc) is 3.40. The number of methoxy groups -OCH3 is 1. The highest BCUT2D eigenvalue weighted by Gasteiger charge is 2.44. The first-order valence-electron chi connectivity index (χ1n) is 13.5. The zero-order valence-corrected chi connectivity index (χ0v) is 22.9. The molecule has 2 aliphatic heterocycles. The second kappa shape index (κ2) is 11.4. The fourth-order valence-corrected chi connectivity index (χ4v) is 5.81. The first-order valence-corrected chi connectivity index (χ1v) is 13.5. The lowest BCUT2D eigenvalue weighted by Crippen LogP contribution is -2.54. The Balaban J connectivity index is 1.44. The zero-order valence-electron chi connectivity index (χ0n) is 22.9. The van der Waals surface area contributed by atoms with E-state index in [2.05, 4.69) is 20.2 Å². The second-order valence-corrected chi connectivity index (χ2v) is 10.6. The molecule has 0 unspecified atom stereocenters. The Labute approximate surface area is 236 Å². The van der Waals surface area contributed by atoms with Crippen LogP contribution in [0.3, 0.4) is 0 Å². The molecule has 214 valence electrons. The third-order valence-corrected chi connectivity index (χ3v) is 8.12. The number of nitriles is 1. The maximum atomic E-state index is 14.0. The van der Waals surface area contributed by atoms with Crippen molar-refractivity contribution in [2.24, 2.45) is 0 Å². The minimum Gasteiger partial charge on any atom is -0.481 e. The number of nitrogens with zero attached hydrogens (tertiary/aromatic N) is 5. The van der Waals surface area contributed by atoms with Crippen molar-refractivity contribution >= 4 is 11.6 Å². The molecule has 0 bridgehead atoms. The number of alkyl halides is 3. The number of piperidine rings is 1. The van der Waals surface area contributed by atoms with Crippen molar-refractivity contribution in [3.8, 4) is 23.2 Å². The third kappa shape index (κ3) is 5.70. The molecule has 4 heterocycles. The van der Waals surface area contributed by atoms with Gasteiger partial charge in [-0.2, -0.15) is 18.4 Å². The van der Waals surface area contributed by atoms with E-state index in [1.807, 2.05) is 36.2 Å². The van der Waals surface area contributed by atoms with Gasteiger partial charge in [0, 0.05) is 38.1 Å². The molecule has 1 amide bonds. The van der Waals surface area contributed by atoms with Crippen LogP contribution in [0.2, 0.25) is 0 Å². The molecule has 0 aliphatic carbocycles. The minimum absolute atomic E-state index is 0.0365. The highest BCUT2D eigenvalue weighted by Crippen LogP contribution is 2.40. The summed E-state index contributed by atoms with van der Waals surface area (Å²) in [6.07, 6.45) is 0.496. The minimum atomic E-state index is -4.54. The van der Waals surface area contributed by atoms with E-state index < -0.39 is 17.2 Å². The van der Waals surface area contributed by atoms with Crippen molar-refractivity contribution in [3.05, 3.63) is 71.5 Å². The molecule has 1 N–H and O–H groups in total. The number of hydrogen-bond acceptors (Lipinski definition) is 7. The molecule has 11 heteroatoms. The zero-order chi connectivity index (χ0) is 29.2. The number of amides is 1. The maximum absolute atomic E-state index is 14.0. The van der Waals surface area contributed by atoms with Gasteiger partial charge in [-0.15, -0.1) is 0 Å². The van der Waals surface area contributed by atoms with Crippen LogP contribution < -0.4 is 15.0 Å². The van der Waals surface area contributed by atoms with Gasteiger partial charge in [-0.1, -0.05) is 6.07 Å². The van der Waals surface area contributed by atoms with Gasteiger partial charge in [0.25, 0.3) is 0 Å². The van der Waals surface area contributed by atoms with Crippen molar-refractivity contribution in [1.29, 1.82) is 5.26 Å². The number of likely N-dealkylation sites (tertiary alicyclic amines) is 1. The summed E-state index contributed by atoms with van der Waals surface area (Å²) in [6.45, 7) is 2.44. The fourth-order valence-electron chi connectivity index (χ4n) is 5.81. The van der Waals surface area contributed by atoms with E-state index in [1.165, 1.54) is 6.07 Å². The number of ether oxygens (including phenoxy) is 1. The largest absolute Gasteiger partial charge is 0.481 e. The molecule has 1 aromatic carbocycles. The number of rotatable bonds is 6. The summed E-state index contributed by atoms with van der Waals surface area (Å²) in [4.78, 5) is 26.9. The number of benzene rings is 1. The van der Waals surface area contributed by atoms with Crippen LogP contribution in [-0.4, -0.2) is 67.2 Å². The number of anilines is 1. The average molecular weight is 565 g/mol. The predicted octanol–water partition coefficient (Wildman–Crippen LogP) is 4.40. The van der Waals surface area contributed by atoms with Crippen LogP contribution in [0.1, 0.15) is 36.0 Å². The van der Waals surface area contributed by atoms with Crippen LogP contribution in [-0.2, 0) is 16.4 Å². The van der Waals surface area contributed by atoms with Gasteiger partial charge >= 0.3 is 6.18 Å². The Morgan fingerprint density at radius 2 is 1.93 bits per heavy atom. The molecule has 5 rings (SSSR count). The Hall–Kier alpha value is -4.17. The van der Waals surface area contributed by atoms with Crippen molar-refractivity contribution in [2.75, 3.05) is 45.2 Å². The summed E-state index contributed by atoms with van der Waals surface area (Å²) in [5.41, 5.74) is 0.803. The lowest BCUT2D eigenvalue weighted by atomic mass is 9.72. The summed E-state index contributed by atoms with van der Waals surface area (Å²) in [5, 5.41) is 12.9. The number of aromatic nitrogens is 2. The van der Waals surface area contributed by atoms with Crippen LogP contribution in [0.4, 0.5) is 18.9 Å². The predicted molar refractivity (Wildman–Crippen MR) is 147 cm³/mol. The van der Waals surface area contributed by atoms with Crippen LogP contribution in [0, 0.1) is 11.3 Å². The molecular formula is C30H31F3N6O2. The smallest absolute Gasteiger partial charge is 0.416 e. The molecule has 2 aromatic heterocycles. The van der Waals surface area contributed by atoms with Crippen molar-refractivity contribution < 1.29 is 22.7 Å². The second-order valence-electron chi connectivity index (χ2n) is 10.6. The van der Waals surface area contributed by atoms with E-state index >= 15 is 0 Å². The molecule has 8 nitrogen and oxygen atoms in total. The van der Waals surface area contributed by atoms with E-state index in [0.717, 1.165) is 42.8 Å². The lowest BCUT2D eigenvalue weighted by Gasteiger charge is -2.42. The van der Waals surface area contributed by atoms with Crippen LogP contribution in [0.15, 0.2) is 54.9 Å². The van der Waals surface area contributed by atoms with Crippen molar-refractivity contribution in [1.82, 2.24) is 20.2 Å². The van der Waals surface area contributed by atoms with Gasteiger partial charge in [-0.05, 0) is 74.8 Å². The first-order chi connectivity index (χ1) is 19.6. The number of halogens is 3. The lowest BCUT2D eigenvalue weighted by molar-refractivity contribution is -0.137. The number of pyridine rings is 2. The van der Waals surface area contributed by atoms with Crippen molar-refractivity contribution in [3.63, 3.8) is 0 Å². The molecule has 0 saturated carbocycles. The Morgan fingerprint density at radius 1 is 1.15 bits per heavy atom. The Kier molecular flexibility index (Phi) is 7.87. The third-order valence-electron chi connectivity index (χ3n) is 8.12. The van der Waals surface area contributed by atoms with Crippen LogP contribution >= 0.6 is 0 Å².